The van der Waals surface area contributed by atoms with Crippen molar-refractivity contribution in [3.8, 4) is 11.1 Å². The zero-order valence-corrected chi connectivity index (χ0v) is 10.6. The minimum Gasteiger partial charge on any atom is -0.287 e. The average Bonchev–Trinajstić information content (AvgIpc) is 2.44. The molecule has 0 fully saturated rings. The van der Waals surface area contributed by atoms with E-state index in [0.29, 0.717) is 16.3 Å². The number of ketones is 1. The largest absolute Gasteiger partial charge is 0.287 e. The number of carbonyl (C=O) groups is 1. The van der Waals surface area contributed by atoms with Gasteiger partial charge >= 0.3 is 0 Å². The van der Waals surface area contributed by atoms with Gasteiger partial charge < -0.3 is 0 Å². The second kappa shape index (κ2) is 3.65. The molecule has 4 rings (SSSR count). The van der Waals surface area contributed by atoms with Gasteiger partial charge in [0.2, 0.25) is 5.78 Å². The number of aromatic nitrogens is 1. The van der Waals surface area contributed by atoms with Gasteiger partial charge in [-0.2, -0.15) is 0 Å². The molecule has 0 saturated heterocycles. The lowest BCUT2D eigenvalue weighted by molar-refractivity contribution is 0.103. The molecule has 0 bridgehead atoms. The van der Waals surface area contributed by atoms with Crippen LogP contribution in [0.5, 0.6) is 0 Å². The molecule has 0 radical (unpaired) electrons. The van der Waals surface area contributed by atoms with Gasteiger partial charge in [0.1, 0.15) is 5.69 Å². The van der Waals surface area contributed by atoms with Gasteiger partial charge in [-0.3, -0.25) is 9.78 Å². The number of nitrogens with zero attached hydrogens (tertiary/aromatic N) is 1. The number of pyridine rings is 1. The van der Waals surface area contributed by atoms with Crippen LogP contribution in [0.2, 0.25) is 5.02 Å². The fourth-order valence-electron chi connectivity index (χ4n) is 2.69. The summed E-state index contributed by atoms with van der Waals surface area (Å²) < 4.78 is 0. The van der Waals surface area contributed by atoms with Crippen LogP contribution in [0.4, 0.5) is 0 Å². The number of fused-ring (bicyclic) bond motifs is 2. The van der Waals surface area contributed by atoms with E-state index in [2.05, 4.69) is 4.98 Å². The highest BCUT2D eigenvalue weighted by Crippen LogP contribution is 2.39. The lowest BCUT2D eigenvalue weighted by atomic mass is 9.85. The Bertz CT molecular complexity index is 849. The summed E-state index contributed by atoms with van der Waals surface area (Å²) >= 11 is 6.00. The maximum absolute atomic E-state index is 12.5. The predicted octanol–water partition coefficient (Wildman–Crippen LogP) is 4.10. The second-order valence-corrected chi connectivity index (χ2v) is 5.02. The van der Waals surface area contributed by atoms with Crippen molar-refractivity contribution in [2.24, 2.45) is 0 Å². The van der Waals surface area contributed by atoms with Crippen LogP contribution in [-0.2, 0) is 0 Å². The highest BCUT2D eigenvalue weighted by atomic mass is 35.5. The van der Waals surface area contributed by atoms with Crippen LogP contribution in [0.25, 0.3) is 21.9 Å². The molecular formula is C16H8ClNO. The molecule has 19 heavy (non-hydrogen) atoms. The summed E-state index contributed by atoms with van der Waals surface area (Å²) in [5.74, 6) is -0.0539. The molecule has 0 atom stereocenters. The first kappa shape index (κ1) is 10.7. The molecule has 1 aliphatic rings. The molecule has 0 N–H and O–H groups in total. The summed E-state index contributed by atoms with van der Waals surface area (Å²) in [5, 5.41) is 2.54. The minimum atomic E-state index is -0.0539. The monoisotopic (exact) mass is 265 g/mol. The van der Waals surface area contributed by atoms with Gasteiger partial charge in [-0.05, 0) is 34.7 Å². The summed E-state index contributed by atoms with van der Waals surface area (Å²) in [6.07, 6.45) is 1.68. The second-order valence-electron chi connectivity index (χ2n) is 4.58. The molecule has 1 heterocycles. The van der Waals surface area contributed by atoms with Gasteiger partial charge in [0.15, 0.2) is 0 Å². The molecule has 3 aromatic rings. The van der Waals surface area contributed by atoms with Crippen LogP contribution < -0.4 is 0 Å². The van der Waals surface area contributed by atoms with E-state index in [1.54, 1.807) is 12.3 Å². The normalized spacial score (nSPS) is 12.6. The molecule has 0 unspecified atom stereocenters. The maximum atomic E-state index is 12.5. The van der Waals surface area contributed by atoms with Gasteiger partial charge in [-0.25, -0.2) is 0 Å². The topological polar surface area (TPSA) is 30.0 Å². The minimum absolute atomic E-state index is 0.0539. The fraction of sp³-hybridized carbons (Fsp3) is 0. The number of hydrogen-bond acceptors (Lipinski definition) is 2. The Morgan fingerprint density at radius 2 is 1.84 bits per heavy atom. The van der Waals surface area contributed by atoms with Crippen molar-refractivity contribution < 1.29 is 4.79 Å². The lowest BCUT2D eigenvalue weighted by Gasteiger charge is -2.18. The van der Waals surface area contributed by atoms with Crippen molar-refractivity contribution in [3.05, 3.63) is 64.9 Å². The van der Waals surface area contributed by atoms with Crippen molar-refractivity contribution in [2.75, 3.05) is 0 Å². The molecule has 0 amide bonds. The van der Waals surface area contributed by atoms with Gasteiger partial charge in [-0.15, -0.1) is 0 Å². The van der Waals surface area contributed by atoms with Crippen LogP contribution >= 0.6 is 11.6 Å². The van der Waals surface area contributed by atoms with Crippen LogP contribution in [0.3, 0.4) is 0 Å². The number of carbonyl (C=O) groups excluding carboxylic acids is 1. The average molecular weight is 266 g/mol. The Kier molecular flexibility index (Phi) is 2.06. The molecule has 90 valence electrons. The van der Waals surface area contributed by atoms with E-state index in [-0.39, 0.29) is 5.78 Å². The van der Waals surface area contributed by atoms with E-state index in [4.69, 9.17) is 11.6 Å². The Balaban J connectivity index is 2.24. The SMILES string of the molecule is O=C1c2cc(Cl)ccc2-c2cccc3ccnc1c23. The highest BCUT2D eigenvalue weighted by molar-refractivity contribution is 6.32. The molecular weight excluding hydrogens is 258 g/mol. The molecule has 1 aromatic heterocycles. The first-order valence-corrected chi connectivity index (χ1v) is 6.36. The zero-order chi connectivity index (χ0) is 13.0. The van der Waals surface area contributed by atoms with E-state index in [0.717, 1.165) is 21.9 Å². The summed E-state index contributed by atoms with van der Waals surface area (Å²) in [6, 6.07) is 13.4. The number of hydrogen-bond donors (Lipinski definition) is 0. The van der Waals surface area contributed by atoms with Crippen molar-refractivity contribution in [3.63, 3.8) is 0 Å². The van der Waals surface area contributed by atoms with Crippen LogP contribution in [-0.4, -0.2) is 10.8 Å². The summed E-state index contributed by atoms with van der Waals surface area (Å²) in [5.41, 5.74) is 3.13. The van der Waals surface area contributed by atoms with Crippen molar-refractivity contribution >= 4 is 28.2 Å². The van der Waals surface area contributed by atoms with E-state index >= 15 is 0 Å². The van der Waals surface area contributed by atoms with E-state index in [1.165, 1.54) is 0 Å². The first-order valence-electron chi connectivity index (χ1n) is 5.98. The Hall–Kier alpha value is -2.19. The third-order valence-corrected chi connectivity index (χ3v) is 3.76. The van der Waals surface area contributed by atoms with E-state index < -0.39 is 0 Å². The van der Waals surface area contributed by atoms with Crippen molar-refractivity contribution in [2.45, 2.75) is 0 Å². The van der Waals surface area contributed by atoms with Crippen molar-refractivity contribution in [1.29, 1.82) is 0 Å². The Labute approximate surface area is 114 Å². The van der Waals surface area contributed by atoms with Gasteiger partial charge in [0.05, 0.1) is 0 Å². The molecule has 3 heteroatoms. The molecule has 1 aliphatic carbocycles. The first-order chi connectivity index (χ1) is 9.25. The molecule has 0 spiro atoms. The predicted molar refractivity (Wildman–Crippen MR) is 75.6 cm³/mol. The lowest BCUT2D eigenvalue weighted by Crippen LogP contribution is -2.11. The van der Waals surface area contributed by atoms with Crippen LogP contribution in [0.15, 0.2) is 48.7 Å². The van der Waals surface area contributed by atoms with E-state index in [1.807, 2.05) is 36.4 Å². The quantitative estimate of drug-likeness (QED) is 0.479. The standard InChI is InChI=1S/C16H8ClNO/c17-10-4-5-11-12-3-1-2-9-6-7-18-15(14(9)12)16(19)13(11)8-10/h1-8H. The van der Waals surface area contributed by atoms with E-state index in [9.17, 15) is 4.79 Å². The van der Waals surface area contributed by atoms with Crippen LogP contribution in [0, 0.1) is 0 Å². The molecule has 0 saturated carbocycles. The van der Waals surface area contributed by atoms with Gasteiger partial charge in [-0.1, -0.05) is 35.9 Å². The zero-order valence-electron chi connectivity index (χ0n) is 9.85. The molecule has 2 aromatic carbocycles. The molecule has 0 aliphatic heterocycles. The number of halogens is 1. The highest BCUT2D eigenvalue weighted by Gasteiger charge is 2.26. The third kappa shape index (κ3) is 1.38. The van der Waals surface area contributed by atoms with Gasteiger partial charge in [0.25, 0.3) is 0 Å². The summed E-state index contributed by atoms with van der Waals surface area (Å²) in [6.45, 7) is 0. The summed E-state index contributed by atoms with van der Waals surface area (Å²) in [7, 11) is 0. The summed E-state index contributed by atoms with van der Waals surface area (Å²) in [4.78, 5) is 16.8. The maximum Gasteiger partial charge on any atom is 0.212 e. The molecule has 2 nitrogen and oxygen atoms in total. The third-order valence-electron chi connectivity index (χ3n) is 3.52. The van der Waals surface area contributed by atoms with Crippen LogP contribution in [0.1, 0.15) is 16.1 Å². The Morgan fingerprint density at radius 1 is 0.947 bits per heavy atom. The smallest absolute Gasteiger partial charge is 0.212 e. The number of rotatable bonds is 0. The van der Waals surface area contributed by atoms with Crippen molar-refractivity contribution in [1.82, 2.24) is 4.98 Å². The fourth-order valence-corrected chi connectivity index (χ4v) is 2.87. The Morgan fingerprint density at radius 3 is 2.74 bits per heavy atom. The van der Waals surface area contributed by atoms with Gasteiger partial charge in [0, 0.05) is 22.2 Å². The number of benzene rings is 2.